The molecule has 110 valence electrons. The molecule has 2 heterocycles. The summed E-state index contributed by atoms with van der Waals surface area (Å²) in [7, 11) is 0. The Kier molecular flexibility index (Phi) is 3.11. The van der Waals surface area contributed by atoms with E-state index in [1.807, 2.05) is 6.07 Å². The minimum Gasteiger partial charge on any atom is -0.465 e. The standard InChI is InChI=1S/C12H15F2N3O3/c1-11(2,4-15)5-16-3-7-8(9(16)18)12(13,14)6-17(7)10(19)20/h7-8H,3,5-6H2,1-2H3,(H,19,20). The number of carbonyl (C=O) groups is 2. The number of nitriles is 1. The van der Waals surface area contributed by atoms with Crippen LogP contribution in [0.5, 0.6) is 0 Å². The maximum atomic E-state index is 13.8. The molecule has 0 spiro atoms. The van der Waals surface area contributed by atoms with Crippen LogP contribution in [0.3, 0.4) is 0 Å². The number of nitrogens with zero attached hydrogens (tertiary/aromatic N) is 3. The van der Waals surface area contributed by atoms with Gasteiger partial charge in [-0.25, -0.2) is 13.6 Å². The molecule has 2 aliphatic rings. The van der Waals surface area contributed by atoms with Gasteiger partial charge in [-0.1, -0.05) is 0 Å². The molecule has 0 radical (unpaired) electrons. The zero-order valence-corrected chi connectivity index (χ0v) is 11.1. The molecular weight excluding hydrogens is 272 g/mol. The number of amides is 2. The minimum atomic E-state index is -3.36. The van der Waals surface area contributed by atoms with Crippen molar-refractivity contribution in [2.45, 2.75) is 25.8 Å². The molecule has 2 atom stereocenters. The van der Waals surface area contributed by atoms with Crippen LogP contribution in [-0.2, 0) is 4.79 Å². The molecule has 0 saturated carbocycles. The number of fused-ring (bicyclic) bond motifs is 1. The van der Waals surface area contributed by atoms with Crippen LogP contribution in [0.4, 0.5) is 13.6 Å². The van der Waals surface area contributed by atoms with Crippen LogP contribution < -0.4 is 0 Å². The number of halogens is 2. The highest BCUT2D eigenvalue weighted by atomic mass is 19.3. The van der Waals surface area contributed by atoms with Crippen molar-refractivity contribution < 1.29 is 23.5 Å². The van der Waals surface area contributed by atoms with Crippen molar-refractivity contribution >= 4 is 12.0 Å². The first-order valence-electron chi connectivity index (χ1n) is 6.16. The van der Waals surface area contributed by atoms with Gasteiger partial charge in [-0.3, -0.25) is 9.69 Å². The predicted molar refractivity (Wildman–Crippen MR) is 62.9 cm³/mol. The van der Waals surface area contributed by atoms with E-state index in [1.165, 1.54) is 4.90 Å². The zero-order valence-electron chi connectivity index (χ0n) is 11.1. The first-order chi connectivity index (χ1) is 9.09. The van der Waals surface area contributed by atoms with E-state index in [4.69, 9.17) is 10.4 Å². The quantitative estimate of drug-likeness (QED) is 0.821. The Balaban J connectivity index is 2.24. The molecule has 0 aromatic carbocycles. The Morgan fingerprint density at radius 3 is 2.70 bits per heavy atom. The summed E-state index contributed by atoms with van der Waals surface area (Å²) in [5, 5.41) is 17.9. The van der Waals surface area contributed by atoms with Crippen LogP contribution in [0.1, 0.15) is 13.8 Å². The highest BCUT2D eigenvalue weighted by Crippen LogP contribution is 2.43. The zero-order chi connectivity index (χ0) is 15.3. The van der Waals surface area contributed by atoms with Gasteiger partial charge in [0.2, 0.25) is 5.91 Å². The third-order valence-corrected chi connectivity index (χ3v) is 3.74. The Hall–Kier alpha value is -1.91. The smallest absolute Gasteiger partial charge is 0.407 e. The lowest BCUT2D eigenvalue weighted by atomic mass is 9.95. The Morgan fingerprint density at radius 1 is 1.60 bits per heavy atom. The number of hydrogen-bond donors (Lipinski definition) is 1. The summed E-state index contributed by atoms with van der Waals surface area (Å²) in [5.41, 5.74) is -0.863. The van der Waals surface area contributed by atoms with Crippen molar-refractivity contribution in [2.24, 2.45) is 11.3 Å². The van der Waals surface area contributed by atoms with Gasteiger partial charge in [-0.05, 0) is 13.8 Å². The molecule has 8 heteroatoms. The largest absolute Gasteiger partial charge is 0.465 e. The summed E-state index contributed by atoms with van der Waals surface area (Å²) in [6.45, 7) is 2.18. The summed E-state index contributed by atoms with van der Waals surface area (Å²) < 4.78 is 27.7. The minimum absolute atomic E-state index is 0.0128. The van der Waals surface area contributed by atoms with Gasteiger partial charge in [0.25, 0.3) is 5.92 Å². The number of carboxylic acid groups (broad SMARTS) is 1. The van der Waals surface area contributed by atoms with E-state index >= 15 is 0 Å². The second-order valence-corrected chi connectivity index (χ2v) is 5.93. The van der Waals surface area contributed by atoms with Crippen LogP contribution in [0.25, 0.3) is 0 Å². The first kappa shape index (κ1) is 14.5. The molecule has 2 aliphatic heterocycles. The molecule has 2 fully saturated rings. The SMILES string of the molecule is CC(C)(C#N)CN1CC2C(C1=O)C(F)(F)CN2C(=O)O. The third-order valence-electron chi connectivity index (χ3n) is 3.74. The van der Waals surface area contributed by atoms with Gasteiger partial charge in [0.1, 0.15) is 5.92 Å². The number of alkyl halides is 2. The fourth-order valence-electron chi connectivity index (χ4n) is 2.83. The van der Waals surface area contributed by atoms with Gasteiger partial charge < -0.3 is 10.0 Å². The molecule has 2 unspecified atom stereocenters. The van der Waals surface area contributed by atoms with Crippen molar-refractivity contribution in [2.75, 3.05) is 19.6 Å². The lowest BCUT2D eigenvalue weighted by Gasteiger charge is -2.27. The van der Waals surface area contributed by atoms with Crippen LogP contribution >= 0.6 is 0 Å². The van der Waals surface area contributed by atoms with Crippen LogP contribution in [0, 0.1) is 22.7 Å². The summed E-state index contributed by atoms with van der Waals surface area (Å²) in [5.74, 6) is -5.76. The second kappa shape index (κ2) is 4.30. The highest BCUT2D eigenvalue weighted by Gasteiger charge is 2.64. The van der Waals surface area contributed by atoms with Crippen molar-refractivity contribution in [1.82, 2.24) is 9.80 Å². The number of hydrogen-bond acceptors (Lipinski definition) is 3. The van der Waals surface area contributed by atoms with E-state index in [0.29, 0.717) is 4.90 Å². The van der Waals surface area contributed by atoms with Crippen LogP contribution in [0.15, 0.2) is 0 Å². The summed E-state index contributed by atoms with van der Waals surface area (Å²) >= 11 is 0. The molecule has 6 nitrogen and oxygen atoms in total. The Morgan fingerprint density at radius 2 is 2.20 bits per heavy atom. The average Bonchev–Trinajstić information content (AvgIpc) is 2.76. The molecule has 1 N–H and O–H groups in total. The lowest BCUT2D eigenvalue weighted by Crippen LogP contribution is -2.42. The van der Waals surface area contributed by atoms with Crippen molar-refractivity contribution in [3.05, 3.63) is 0 Å². The summed E-state index contributed by atoms with van der Waals surface area (Å²) in [6.07, 6.45) is -1.45. The number of carbonyl (C=O) groups excluding carboxylic acids is 1. The van der Waals surface area contributed by atoms with Gasteiger partial charge in [-0.2, -0.15) is 5.26 Å². The van der Waals surface area contributed by atoms with E-state index in [0.717, 1.165) is 0 Å². The molecule has 0 aromatic heterocycles. The normalized spacial score (nSPS) is 28.4. The van der Waals surface area contributed by atoms with E-state index in [1.54, 1.807) is 13.8 Å². The van der Waals surface area contributed by atoms with Crippen LogP contribution in [0.2, 0.25) is 0 Å². The van der Waals surface area contributed by atoms with Gasteiger partial charge >= 0.3 is 6.09 Å². The van der Waals surface area contributed by atoms with Gasteiger partial charge in [0.05, 0.1) is 24.1 Å². The first-order valence-corrected chi connectivity index (χ1v) is 6.16. The summed E-state index contributed by atoms with van der Waals surface area (Å²) in [6, 6.07) is 0.960. The second-order valence-electron chi connectivity index (χ2n) is 5.93. The van der Waals surface area contributed by atoms with Gasteiger partial charge in [0.15, 0.2) is 0 Å². The van der Waals surface area contributed by atoms with Crippen molar-refractivity contribution in [1.29, 1.82) is 5.26 Å². The topological polar surface area (TPSA) is 84.6 Å². The maximum absolute atomic E-state index is 13.8. The van der Waals surface area contributed by atoms with Gasteiger partial charge in [0, 0.05) is 13.1 Å². The molecule has 2 rings (SSSR count). The Bertz CT molecular complexity index is 501. The molecular formula is C12H15F2N3O3. The predicted octanol–water partition coefficient (Wildman–Crippen LogP) is 0.992. The maximum Gasteiger partial charge on any atom is 0.407 e. The lowest BCUT2D eigenvalue weighted by molar-refractivity contribution is -0.140. The summed E-state index contributed by atoms with van der Waals surface area (Å²) in [4.78, 5) is 24.9. The molecule has 0 bridgehead atoms. The fourth-order valence-corrected chi connectivity index (χ4v) is 2.83. The van der Waals surface area contributed by atoms with Crippen molar-refractivity contribution in [3.63, 3.8) is 0 Å². The Labute approximate surface area is 114 Å². The van der Waals surface area contributed by atoms with Crippen molar-refractivity contribution in [3.8, 4) is 6.07 Å². The highest BCUT2D eigenvalue weighted by molar-refractivity contribution is 5.85. The molecule has 0 aliphatic carbocycles. The van der Waals surface area contributed by atoms with Crippen LogP contribution in [-0.4, -0.2) is 58.5 Å². The van der Waals surface area contributed by atoms with E-state index < -0.39 is 41.8 Å². The third kappa shape index (κ3) is 2.17. The molecule has 2 saturated heterocycles. The van der Waals surface area contributed by atoms with E-state index in [-0.39, 0.29) is 13.1 Å². The van der Waals surface area contributed by atoms with E-state index in [9.17, 15) is 18.4 Å². The molecule has 2 amide bonds. The number of rotatable bonds is 2. The number of likely N-dealkylation sites (tertiary alicyclic amines) is 2. The fraction of sp³-hybridized carbons (Fsp3) is 0.750. The molecule has 20 heavy (non-hydrogen) atoms. The van der Waals surface area contributed by atoms with Gasteiger partial charge in [-0.15, -0.1) is 0 Å². The molecule has 0 aromatic rings. The van der Waals surface area contributed by atoms with E-state index in [2.05, 4.69) is 0 Å². The monoisotopic (exact) mass is 287 g/mol. The average molecular weight is 287 g/mol.